The maximum absolute atomic E-state index is 13.9. The number of para-hydroxylation sites is 1. The summed E-state index contributed by atoms with van der Waals surface area (Å²) in [5.41, 5.74) is 1.59. The molecule has 4 rings (SSSR count). The number of hydrogen-bond donors (Lipinski definition) is 1. The van der Waals surface area contributed by atoms with Crippen molar-refractivity contribution in [3.8, 4) is 0 Å². The lowest BCUT2D eigenvalue weighted by atomic mass is 9.68. The zero-order chi connectivity index (χ0) is 24.0. The summed E-state index contributed by atoms with van der Waals surface area (Å²) in [5.74, 6) is 1.69. The fraction of sp³-hybridized carbons (Fsp3) is 0.464. The molecule has 0 atom stereocenters. The number of hydrogen-bond acceptors (Lipinski definition) is 5. The number of carbonyl (C=O) groups is 1. The maximum Gasteiger partial charge on any atom is 0.233 e. The van der Waals surface area contributed by atoms with E-state index >= 15 is 0 Å². The van der Waals surface area contributed by atoms with E-state index in [4.69, 9.17) is 9.97 Å². The van der Waals surface area contributed by atoms with Crippen LogP contribution in [-0.4, -0.2) is 59.9 Å². The van der Waals surface area contributed by atoms with Gasteiger partial charge in [-0.15, -0.1) is 0 Å². The summed E-state index contributed by atoms with van der Waals surface area (Å²) in [6.07, 6.45) is 6.19. The molecule has 1 N–H and O–H groups in total. The molecule has 3 aromatic rings. The first-order chi connectivity index (χ1) is 16.5. The molecule has 0 unspecified atom stereocenters. The number of likely N-dealkylation sites (N-methyl/N-ethyl adjacent to an activating group) is 1. The van der Waals surface area contributed by atoms with Crippen molar-refractivity contribution in [1.29, 1.82) is 0 Å². The molecule has 6 nitrogen and oxygen atoms in total. The quantitative estimate of drug-likeness (QED) is 0.463. The second-order valence-corrected chi connectivity index (χ2v) is 9.76. The van der Waals surface area contributed by atoms with E-state index in [1.54, 1.807) is 0 Å². The Labute approximate surface area is 203 Å². The van der Waals surface area contributed by atoms with Crippen LogP contribution in [0.15, 0.2) is 54.6 Å². The molecule has 34 heavy (non-hydrogen) atoms. The van der Waals surface area contributed by atoms with Crippen LogP contribution >= 0.6 is 0 Å². The van der Waals surface area contributed by atoms with Gasteiger partial charge in [-0.25, -0.2) is 9.97 Å². The van der Waals surface area contributed by atoms with Crippen LogP contribution < -0.4 is 5.32 Å². The van der Waals surface area contributed by atoms with Crippen molar-refractivity contribution in [1.82, 2.24) is 19.8 Å². The molecule has 0 spiro atoms. The molecule has 1 aliphatic carbocycles. The van der Waals surface area contributed by atoms with Crippen LogP contribution in [0.5, 0.6) is 0 Å². The van der Waals surface area contributed by atoms with Crippen molar-refractivity contribution in [2.75, 3.05) is 39.5 Å². The number of nitrogens with zero attached hydrogens (tertiary/aromatic N) is 4. The molecule has 0 aliphatic heterocycles. The first-order valence-corrected chi connectivity index (χ1v) is 12.4. The van der Waals surface area contributed by atoms with E-state index in [0.29, 0.717) is 12.4 Å². The topological polar surface area (TPSA) is 61.4 Å². The Balaban J connectivity index is 1.56. The van der Waals surface area contributed by atoms with Crippen LogP contribution in [-0.2, 0) is 16.8 Å². The van der Waals surface area contributed by atoms with Gasteiger partial charge in [-0.05, 0) is 57.6 Å². The number of carbonyl (C=O) groups excluding carboxylic acids is 1. The first-order valence-electron chi connectivity index (χ1n) is 12.4. The van der Waals surface area contributed by atoms with Gasteiger partial charge in [0.05, 0.1) is 17.5 Å². The van der Waals surface area contributed by atoms with E-state index in [2.05, 4.69) is 42.5 Å². The second kappa shape index (κ2) is 11.0. The summed E-state index contributed by atoms with van der Waals surface area (Å²) in [6.45, 7) is 2.25. The van der Waals surface area contributed by atoms with Gasteiger partial charge in [-0.1, -0.05) is 61.7 Å². The van der Waals surface area contributed by atoms with Gasteiger partial charge in [0.15, 0.2) is 5.82 Å². The van der Waals surface area contributed by atoms with E-state index in [0.717, 1.165) is 67.5 Å². The van der Waals surface area contributed by atoms with Crippen molar-refractivity contribution in [3.05, 3.63) is 66.0 Å². The third-order valence-corrected chi connectivity index (χ3v) is 6.89. The molecule has 0 radical (unpaired) electrons. The predicted molar refractivity (Wildman–Crippen MR) is 139 cm³/mol. The molecule has 180 valence electrons. The van der Waals surface area contributed by atoms with E-state index in [1.807, 2.05) is 48.3 Å². The summed E-state index contributed by atoms with van der Waals surface area (Å²) in [4.78, 5) is 27.6. The lowest BCUT2D eigenvalue weighted by Gasteiger charge is -2.39. The highest BCUT2D eigenvalue weighted by Crippen LogP contribution is 2.41. The van der Waals surface area contributed by atoms with Gasteiger partial charge < -0.3 is 15.1 Å². The van der Waals surface area contributed by atoms with Crippen LogP contribution in [0.25, 0.3) is 10.9 Å². The van der Waals surface area contributed by atoms with Gasteiger partial charge in [0.1, 0.15) is 5.82 Å². The summed E-state index contributed by atoms with van der Waals surface area (Å²) in [7, 11) is 6.06. The largest absolute Gasteiger partial charge is 0.369 e. The van der Waals surface area contributed by atoms with Crippen molar-refractivity contribution in [3.63, 3.8) is 0 Å². The number of fused-ring (bicyclic) bond motifs is 1. The summed E-state index contributed by atoms with van der Waals surface area (Å²) >= 11 is 0. The van der Waals surface area contributed by atoms with Crippen LogP contribution in [0.4, 0.5) is 5.82 Å². The van der Waals surface area contributed by atoms with Crippen molar-refractivity contribution < 1.29 is 4.79 Å². The fourth-order valence-corrected chi connectivity index (χ4v) is 5.12. The van der Waals surface area contributed by atoms with E-state index in [1.165, 1.54) is 6.42 Å². The predicted octanol–water partition coefficient (Wildman–Crippen LogP) is 4.85. The van der Waals surface area contributed by atoms with Crippen molar-refractivity contribution in [2.24, 2.45) is 0 Å². The van der Waals surface area contributed by atoms with Gasteiger partial charge in [0.2, 0.25) is 5.91 Å². The zero-order valence-electron chi connectivity index (χ0n) is 20.8. The number of amides is 1. The molecule has 0 bridgehead atoms. The Morgan fingerprint density at radius 1 is 0.941 bits per heavy atom. The van der Waals surface area contributed by atoms with E-state index in [-0.39, 0.29) is 5.91 Å². The molecule has 2 aromatic carbocycles. The minimum atomic E-state index is -0.446. The molecule has 1 heterocycles. The highest BCUT2D eigenvalue weighted by atomic mass is 16.2. The number of rotatable bonds is 9. The maximum atomic E-state index is 13.9. The molecular formula is C28H37N5O. The third kappa shape index (κ3) is 5.39. The zero-order valence-corrected chi connectivity index (χ0v) is 20.8. The van der Waals surface area contributed by atoms with Gasteiger partial charge in [-0.2, -0.15) is 0 Å². The Kier molecular flexibility index (Phi) is 7.78. The number of aromatic nitrogens is 2. The molecule has 0 saturated heterocycles. The lowest BCUT2D eigenvalue weighted by molar-refractivity contribution is -0.138. The number of nitrogens with one attached hydrogen (secondary N) is 1. The highest BCUT2D eigenvalue weighted by Gasteiger charge is 2.42. The number of anilines is 1. The highest BCUT2D eigenvalue weighted by molar-refractivity contribution is 5.90. The fourth-order valence-electron chi connectivity index (χ4n) is 5.12. The summed E-state index contributed by atoms with van der Waals surface area (Å²) in [5, 5.41) is 4.51. The molecular weight excluding hydrogens is 422 g/mol. The Morgan fingerprint density at radius 2 is 1.65 bits per heavy atom. The lowest BCUT2D eigenvalue weighted by Crippen LogP contribution is -2.46. The second-order valence-electron chi connectivity index (χ2n) is 9.76. The molecule has 1 fully saturated rings. The van der Waals surface area contributed by atoms with E-state index < -0.39 is 5.41 Å². The first kappa shape index (κ1) is 24.1. The van der Waals surface area contributed by atoms with Crippen LogP contribution in [0, 0.1) is 0 Å². The standard InChI is InChI=1S/C28H37N5O/c1-32(2)20-12-19-29-26-23-15-8-9-16-24(23)30-25(31-26)21-33(3)27(34)28(17-10-5-11-18-28)22-13-6-4-7-14-22/h4,6-9,13-16H,5,10-12,17-21H2,1-3H3,(H,29,30,31). The van der Waals surface area contributed by atoms with Gasteiger partial charge in [-0.3, -0.25) is 4.79 Å². The third-order valence-electron chi connectivity index (χ3n) is 6.89. The van der Waals surface area contributed by atoms with Gasteiger partial charge in [0, 0.05) is 19.0 Å². The molecule has 1 saturated carbocycles. The molecule has 6 heteroatoms. The monoisotopic (exact) mass is 459 g/mol. The average molecular weight is 460 g/mol. The summed E-state index contributed by atoms with van der Waals surface area (Å²) < 4.78 is 0. The van der Waals surface area contributed by atoms with Crippen LogP contribution in [0.1, 0.15) is 49.9 Å². The van der Waals surface area contributed by atoms with Gasteiger partial charge in [0.25, 0.3) is 0 Å². The molecule has 1 amide bonds. The Bertz CT molecular complexity index is 1090. The van der Waals surface area contributed by atoms with Crippen LogP contribution in [0.2, 0.25) is 0 Å². The minimum absolute atomic E-state index is 0.177. The summed E-state index contributed by atoms with van der Waals surface area (Å²) in [6, 6.07) is 18.4. The smallest absolute Gasteiger partial charge is 0.233 e. The SMILES string of the molecule is CN(C)CCCNc1nc(CN(C)C(=O)C2(c3ccccc3)CCCCC2)nc2ccccc12. The number of benzene rings is 2. The van der Waals surface area contributed by atoms with E-state index in [9.17, 15) is 4.79 Å². The van der Waals surface area contributed by atoms with Crippen molar-refractivity contribution in [2.45, 2.75) is 50.5 Å². The Morgan fingerprint density at radius 3 is 2.38 bits per heavy atom. The minimum Gasteiger partial charge on any atom is -0.369 e. The van der Waals surface area contributed by atoms with Gasteiger partial charge >= 0.3 is 0 Å². The molecule has 1 aliphatic rings. The average Bonchev–Trinajstić information content (AvgIpc) is 2.87. The molecule has 1 aromatic heterocycles. The Hall–Kier alpha value is -2.99. The van der Waals surface area contributed by atoms with Crippen molar-refractivity contribution >= 4 is 22.6 Å². The normalized spacial score (nSPS) is 15.4. The van der Waals surface area contributed by atoms with Crippen LogP contribution in [0.3, 0.4) is 0 Å².